The summed E-state index contributed by atoms with van der Waals surface area (Å²) >= 11 is 0. The van der Waals surface area contributed by atoms with Crippen LogP contribution in [0.25, 0.3) is 0 Å². The van der Waals surface area contributed by atoms with Gasteiger partial charge in [-0.2, -0.15) is 0 Å². The molecule has 33 heavy (non-hydrogen) atoms. The average molecular weight is 456 g/mol. The molecule has 1 heterocycles. The number of hydrogen-bond acceptors (Lipinski definition) is 8. The van der Waals surface area contributed by atoms with Crippen molar-refractivity contribution in [1.29, 1.82) is 0 Å². The lowest BCUT2D eigenvalue weighted by Gasteiger charge is -2.36. The third kappa shape index (κ3) is 5.97. The molecule has 2 aromatic rings. The van der Waals surface area contributed by atoms with Gasteiger partial charge in [-0.1, -0.05) is 0 Å². The fraction of sp³-hybridized carbons (Fsp3) is 0.318. The van der Waals surface area contributed by atoms with E-state index in [1.807, 2.05) is 4.90 Å². The minimum absolute atomic E-state index is 0.00704. The first-order valence-corrected chi connectivity index (χ1v) is 10.2. The van der Waals surface area contributed by atoms with Gasteiger partial charge in [0.05, 0.1) is 29.0 Å². The maximum absolute atomic E-state index is 12.6. The summed E-state index contributed by atoms with van der Waals surface area (Å²) in [5.74, 6) is -0.702. The van der Waals surface area contributed by atoms with Gasteiger partial charge in [0, 0.05) is 45.2 Å². The highest BCUT2D eigenvalue weighted by atomic mass is 16.6. The fourth-order valence-electron chi connectivity index (χ4n) is 3.42. The summed E-state index contributed by atoms with van der Waals surface area (Å²) in [6.07, 6.45) is 0. The van der Waals surface area contributed by atoms with Crippen LogP contribution in [0.3, 0.4) is 0 Å². The summed E-state index contributed by atoms with van der Waals surface area (Å²) in [7, 11) is 1.27. The zero-order valence-electron chi connectivity index (χ0n) is 18.3. The lowest BCUT2D eigenvalue weighted by atomic mass is 10.1. The van der Waals surface area contributed by atoms with E-state index in [9.17, 15) is 24.5 Å². The van der Waals surface area contributed by atoms with Crippen LogP contribution in [0.4, 0.5) is 17.1 Å². The maximum Gasteiger partial charge on any atom is 0.337 e. The van der Waals surface area contributed by atoms with Crippen LogP contribution < -0.4 is 15.0 Å². The Bertz CT molecular complexity index is 1050. The van der Waals surface area contributed by atoms with E-state index in [1.165, 1.54) is 44.4 Å². The van der Waals surface area contributed by atoms with Crippen molar-refractivity contribution in [3.05, 3.63) is 58.1 Å². The van der Waals surface area contributed by atoms with Gasteiger partial charge in [0.15, 0.2) is 6.61 Å². The SMILES string of the molecule is COC(=O)c1ccc(N2CCN(C(C)=O)CC2)c(NC(=O)COc2ccc([N+](=O)[O-])cc2)c1. The molecule has 0 saturated carbocycles. The number of nitro benzene ring substituents is 1. The van der Waals surface area contributed by atoms with Gasteiger partial charge in [0.2, 0.25) is 5.91 Å². The largest absolute Gasteiger partial charge is 0.484 e. The van der Waals surface area contributed by atoms with Crippen LogP contribution in [-0.2, 0) is 14.3 Å². The molecule has 174 valence electrons. The summed E-state index contributed by atoms with van der Waals surface area (Å²) in [4.78, 5) is 50.1. The fourth-order valence-corrected chi connectivity index (χ4v) is 3.42. The Balaban J connectivity index is 1.72. The predicted octanol–water partition coefficient (Wildman–Crippen LogP) is 2.07. The number of nitrogens with one attached hydrogen (secondary N) is 1. The quantitative estimate of drug-likeness (QED) is 0.381. The molecule has 0 atom stereocenters. The Labute approximate surface area is 190 Å². The third-order valence-corrected chi connectivity index (χ3v) is 5.17. The van der Waals surface area contributed by atoms with Crippen LogP contribution in [0.15, 0.2) is 42.5 Å². The first kappa shape index (κ1) is 23.5. The molecule has 11 nitrogen and oxygen atoms in total. The Morgan fingerprint density at radius 1 is 1.06 bits per heavy atom. The highest BCUT2D eigenvalue weighted by Gasteiger charge is 2.22. The molecule has 2 amide bonds. The molecule has 1 aliphatic heterocycles. The smallest absolute Gasteiger partial charge is 0.337 e. The number of hydrogen-bond donors (Lipinski definition) is 1. The number of ether oxygens (including phenoxy) is 2. The summed E-state index contributed by atoms with van der Waals surface area (Å²) < 4.78 is 10.2. The summed E-state index contributed by atoms with van der Waals surface area (Å²) in [6, 6.07) is 10.2. The van der Waals surface area contributed by atoms with Crippen molar-refractivity contribution >= 4 is 34.8 Å². The van der Waals surface area contributed by atoms with Gasteiger partial charge in [-0.15, -0.1) is 0 Å². The van der Waals surface area contributed by atoms with Crippen LogP contribution in [0.2, 0.25) is 0 Å². The van der Waals surface area contributed by atoms with Gasteiger partial charge < -0.3 is 24.6 Å². The molecular weight excluding hydrogens is 432 g/mol. The van der Waals surface area contributed by atoms with Crippen LogP contribution in [0, 0.1) is 10.1 Å². The Kier molecular flexibility index (Phi) is 7.44. The number of piperazine rings is 1. The van der Waals surface area contributed by atoms with Crippen molar-refractivity contribution in [3.63, 3.8) is 0 Å². The number of non-ortho nitro benzene ring substituents is 1. The molecule has 11 heteroatoms. The molecular formula is C22H24N4O7. The molecule has 1 saturated heterocycles. The second-order valence-corrected chi connectivity index (χ2v) is 7.30. The number of benzene rings is 2. The van der Waals surface area contributed by atoms with E-state index in [2.05, 4.69) is 5.32 Å². The van der Waals surface area contributed by atoms with E-state index >= 15 is 0 Å². The Morgan fingerprint density at radius 3 is 2.30 bits per heavy atom. The minimum Gasteiger partial charge on any atom is -0.484 e. The van der Waals surface area contributed by atoms with Crippen molar-refractivity contribution < 1.29 is 28.8 Å². The second kappa shape index (κ2) is 10.4. The van der Waals surface area contributed by atoms with Gasteiger partial charge in [0.1, 0.15) is 5.75 Å². The number of anilines is 2. The minimum atomic E-state index is -0.541. The van der Waals surface area contributed by atoms with E-state index in [4.69, 9.17) is 9.47 Å². The topological polar surface area (TPSA) is 131 Å². The van der Waals surface area contributed by atoms with Gasteiger partial charge in [0.25, 0.3) is 11.6 Å². The molecule has 1 N–H and O–H groups in total. The molecule has 0 spiro atoms. The molecule has 0 aliphatic carbocycles. The van der Waals surface area contributed by atoms with Crippen LogP contribution in [-0.4, -0.2) is 67.5 Å². The van der Waals surface area contributed by atoms with E-state index in [0.717, 1.165) is 0 Å². The van der Waals surface area contributed by atoms with Crippen molar-refractivity contribution in [1.82, 2.24) is 4.90 Å². The lowest BCUT2D eigenvalue weighted by Crippen LogP contribution is -2.48. The Hall–Kier alpha value is -4.15. The zero-order chi connectivity index (χ0) is 24.0. The van der Waals surface area contributed by atoms with Crippen LogP contribution >= 0.6 is 0 Å². The summed E-state index contributed by atoms with van der Waals surface area (Å²) in [5, 5.41) is 13.5. The van der Waals surface area contributed by atoms with Gasteiger partial charge in [-0.25, -0.2) is 4.79 Å². The number of carbonyl (C=O) groups excluding carboxylic acids is 3. The Morgan fingerprint density at radius 2 is 1.73 bits per heavy atom. The zero-order valence-corrected chi connectivity index (χ0v) is 18.3. The number of methoxy groups -OCH3 is 1. The highest BCUT2D eigenvalue weighted by Crippen LogP contribution is 2.29. The van der Waals surface area contributed by atoms with Gasteiger partial charge >= 0.3 is 5.97 Å². The summed E-state index contributed by atoms with van der Waals surface area (Å²) in [5.41, 5.74) is 1.30. The number of nitro groups is 1. The molecule has 2 aromatic carbocycles. The number of esters is 1. The number of amides is 2. The first-order chi connectivity index (χ1) is 15.8. The molecule has 1 aliphatic rings. The molecule has 0 radical (unpaired) electrons. The number of carbonyl (C=O) groups is 3. The van der Waals surface area contributed by atoms with E-state index < -0.39 is 16.8 Å². The van der Waals surface area contributed by atoms with Crippen LogP contribution in [0.1, 0.15) is 17.3 Å². The average Bonchev–Trinajstić information content (AvgIpc) is 2.82. The van der Waals surface area contributed by atoms with Crippen molar-refractivity contribution in [2.24, 2.45) is 0 Å². The van der Waals surface area contributed by atoms with Crippen molar-refractivity contribution in [3.8, 4) is 5.75 Å². The predicted molar refractivity (Wildman–Crippen MR) is 119 cm³/mol. The monoisotopic (exact) mass is 456 g/mol. The van der Waals surface area contributed by atoms with E-state index in [-0.39, 0.29) is 23.8 Å². The van der Waals surface area contributed by atoms with Crippen molar-refractivity contribution in [2.45, 2.75) is 6.92 Å². The second-order valence-electron chi connectivity index (χ2n) is 7.30. The molecule has 0 unspecified atom stereocenters. The summed E-state index contributed by atoms with van der Waals surface area (Å²) in [6.45, 7) is 3.42. The maximum atomic E-state index is 12.6. The first-order valence-electron chi connectivity index (χ1n) is 10.2. The normalized spacial score (nSPS) is 13.3. The number of rotatable bonds is 7. The van der Waals surface area contributed by atoms with Gasteiger partial charge in [-0.3, -0.25) is 19.7 Å². The van der Waals surface area contributed by atoms with Gasteiger partial charge in [-0.05, 0) is 30.3 Å². The molecule has 0 aromatic heterocycles. The lowest BCUT2D eigenvalue weighted by molar-refractivity contribution is -0.384. The van der Waals surface area contributed by atoms with Crippen LogP contribution in [0.5, 0.6) is 5.75 Å². The molecule has 0 bridgehead atoms. The van der Waals surface area contributed by atoms with Crippen molar-refractivity contribution in [2.75, 3.05) is 50.1 Å². The molecule has 3 rings (SSSR count). The third-order valence-electron chi connectivity index (χ3n) is 5.17. The highest BCUT2D eigenvalue weighted by molar-refractivity contribution is 5.98. The van der Waals surface area contributed by atoms with E-state index in [0.29, 0.717) is 43.3 Å². The van der Waals surface area contributed by atoms with E-state index in [1.54, 1.807) is 17.0 Å². The molecule has 1 fully saturated rings. The standard InChI is InChI=1S/C22H24N4O7/c1-15(27)24-9-11-25(12-10-24)20-8-3-16(22(29)32-2)13-19(20)23-21(28)14-33-18-6-4-17(5-7-18)26(30)31/h3-8,13H,9-12,14H2,1-2H3,(H,23,28). The number of nitrogens with zero attached hydrogens (tertiary/aromatic N) is 3.